The van der Waals surface area contributed by atoms with Gasteiger partial charge >= 0.3 is 0 Å². The topological polar surface area (TPSA) is 74.2 Å². The zero-order valence-electron chi connectivity index (χ0n) is 11.2. The van der Waals surface area contributed by atoms with Crippen molar-refractivity contribution in [3.63, 3.8) is 0 Å². The van der Waals surface area contributed by atoms with E-state index in [9.17, 15) is 8.78 Å². The predicted octanol–water partition coefficient (Wildman–Crippen LogP) is 2.12. The van der Waals surface area contributed by atoms with Gasteiger partial charge in [0, 0.05) is 13.0 Å². The monoisotopic (exact) mass is 283 g/mol. The quantitative estimate of drug-likeness (QED) is 0.909. The van der Waals surface area contributed by atoms with Crippen LogP contribution >= 0.6 is 0 Å². The molecule has 0 aliphatic carbocycles. The number of halogens is 2. The molecule has 0 aliphatic heterocycles. The standard InChI is InChI=1S/C13H15F2N3O2/c1-7(16)3-9-4-10(14)13(11(15)5-9)19-6-12-18-17-8(2)20-12/h4-5,7H,3,6,16H2,1-2H3. The first-order valence-electron chi connectivity index (χ1n) is 6.11. The van der Waals surface area contributed by atoms with Gasteiger partial charge in [-0.05, 0) is 31.0 Å². The van der Waals surface area contributed by atoms with Crippen LogP contribution in [0.15, 0.2) is 16.5 Å². The average Bonchev–Trinajstić information content (AvgIpc) is 2.73. The van der Waals surface area contributed by atoms with Crippen LogP contribution in [-0.2, 0) is 13.0 Å². The molecule has 0 spiro atoms. The molecular weight excluding hydrogens is 268 g/mol. The Balaban J connectivity index is 2.11. The van der Waals surface area contributed by atoms with Gasteiger partial charge in [-0.2, -0.15) is 0 Å². The summed E-state index contributed by atoms with van der Waals surface area (Å²) < 4.78 is 37.7. The van der Waals surface area contributed by atoms with Crippen molar-refractivity contribution >= 4 is 0 Å². The number of nitrogens with two attached hydrogens (primary N) is 1. The summed E-state index contributed by atoms with van der Waals surface area (Å²) in [4.78, 5) is 0. The third kappa shape index (κ3) is 3.51. The first kappa shape index (κ1) is 14.4. The van der Waals surface area contributed by atoms with Gasteiger partial charge in [-0.1, -0.05) is 0 Å². The summed E-state index contributed by atoms with van der Waals surface area (Å²) in [5.74, 6) is -1.51. The van der Waals surface area contributed by atoms with Crippen LogP contribution in [-0.4, -0.2) is 16.2 Å². The molecule has 0 fully saturated rings. The summed E-state index contributed by atoms with van der Waals surface area (Å²) >= 11 is 0. The molecule has 1 unspecified atom stereocenters. The van der Waals surface area contributed by atoms with E-state index in [0.29, 0.717) is 17.9 Å². The van der Waals surface area contributed by atoms with Crippen molar-refractivity contribution in [3.05, 3.63) is 41.1 Å². The average molecular weight is 283 g/mol. The van der Waals surface area contributed by atoms with Gasteiger partial charge in [0.2, 0.25) is 5.89 Å². The molecule has 0 saturated heterocycles. The summed E-state index contributed by atoms with van der Waals surface area (Å²) in [5.41, 5.74) is 6.08. The van der Waals surface area contributed by atoms with E-state index < -0.39 is 17.4 Å². The Bertz CT molecular complexity index is 576. The van der Waals surface area contributed by atoms with Crippen LogP contribution in [0.5, 0.6) is 5.75 Å². The maximum Gasteiger partial charge on any atom is 0.253 e. The van der Waals surface area contributed by atoms with Crippen LogP contribution in [0.25, 0.3) is 0 Å². The second-order valence-electron chi connectivity index (χ2n) is 4.57. The summed E-state index contributed by atoms with van der Waals surface area (Å²) in [7, 11) is 0. The van der Waals surface area contributed by atoms with E-state index in [4.69, 9.17) is 14.9 Å². The maximum absolute atomic E-state index is 13.8. The van der Waals surface area contributed by atoms with E-state index in [1.54, 1.807) is 13.8 Å². The number of nitrogens with zero attached hydrogens (tertiary/aromatic N) is 2. The van der Waals surface area contributed by atoms with Crippen LogP contribution in [0.3, 0.4) is 0 Å². The highest BCUT2D eigenvalue weighted by molar-refractivity contribution is 5.31. The Labute approximate surface area is 114 Å². The number of benzene rings is 1. The Hall–Kier alpha value is -2.02. The highest BCUT2D eigenvalue weighted by Crippen LogP contribution is 2.24. The lowest BCUT2D eigenvalue weighted by atomic mass is 10.1. The van der Waals surface area contributed by atoms with Crippen LogP contribution in [0.4, 0.5) is 8.78 Å². The second kappa shape index (κ2) is 5.96. The number of ether oxygens (including phenoxy) is 1. The van der Waals surface area contributed by atoms with Gasteiger partial charge in [-0.25, -0.2) is 8.78 Å². The molecule has 0 radical (unpaired) electrons. The van der Waals surface area contributed by atoms with Crippen LogP contribution in [0, 0.1) is 18.6 Å². The van der Waals surface area contributed by atoms with Crippen molar-refractivity contribution in [1.82, 2.24) is 10.2 Å². The number of hydrogen-bond donors (Lipinski definition) is 1. The Kier molecular flexibility index (Phi) is 4.29. The van der Waals surface area contributed by atoms with Gasteiger partial charge in [-0.3, -0.25) is 0 Å². The molecule has 1 aromatic carbocycles. The highest BCUT2D eigenvalue weighted by Gasteiger charge is 2.15. The fraction of sp³-hybridized carbons (Fsp3) is 0.385. The van der Waals surface area contributed by atoms with Crippen LogP contribution in [0.2, 0.25) is 0 Å². The van der Waals surface area contributed by atoms with E-state index in [2.05, 4.69) is 10.2 Å². The molecule has 2 rings (SSSR count). The van der Waals surface area contributed by atoms with Crippen molar-refractivity contribution in [2.45, 2.75) is 32.9 Å². The summed E-state index contributed by atoms with van der Waals surface area (Å²) in [5, 5.41) is 7.27. The normalized spacial score (nSPS) is 12.4. The van der Waals surface area contributed by atoms with Gasteiger partial charge in [-0.15, -0.1) is 10.2 Å². The molecule has 0 saturated carbocycles. The largest absolute Gasteiger partial charge is 0.478 e. The minimum absolute atomic E-state index is 0.154. The summed E-state index contributed by atoms with van der Waals surface area (Å²) in [6, 6.07) is 2.24. The number of hydrogen-bond acceptors (Lipinski definition) is 5. The Morgan fingerprint density at radius 3 is 2.45 bits per heavy atom. The van der Waals surface area contributed by atoms with Gasteiger partial charge in [0.15, 0.2) is 24.0 Å². The van der Waals surface area contributed by atoms with Gasteiger partial charge in [0.25, 0.3) is 5.89 Å². The van der Waals surface area contributed by atoms with Gasteiger partial charge in [0.1, 0.15) is 0 Å². The predicted molar refractivity (Wildman–Crippen MR) is 67.1 cm³/mol. The first-order valence-corrected chi connectivity index (χ1v) is 6.11. The van der Waals surface area contributed by atoms with Crippen molar-refractivity contribution in [3.8, 4) is 5.75 Å². The van der Waals surface area contributed by atoms with E-state index in [1.165, 1.54) is 12.1 Å². The third-order valence-electron chi connectivity index (χ3n) is 2.52. The fourth-order valence-electron chi connectivity index (χ4n) is 1.77. The fourth-order valence-corrected chi connectivity index (χ4v) is 1.77. The zero-order valence-corrected chi connectivity index (χ0v) is 11.2. The van der Waals surface area contributed by atoms with E-state index >= 15 is 0 Å². The lowest BCUT2D eigenvalue weighted by molar-refractivity contribution is 0.238. The number of aromatic nitrogens is 2. The smallest absolute Gasteiger partial charge is 0.253 e. The maximum atomic E-state index is 13.8. The number of rotatable bonds is 5. The molecule has 1 heterocycles. The van der Waals surface area contributed by atoms with Crippen molar-refractivity contribution < 1.29 is 17.9 Å². The lowest BCUT2D eigenvalue weighted by Gasteiger charge is -2.10. The van der Waals surface area contributed by atoms with E-state index in [0.717, 1.165) is 0 Å². The molecule has 0 aliphatic rings. The highest BCUT2D eigenvalue weighted by atomic mass is 19.1. The molecular formula is C13H15F2N3O2. The second-order valence-corrected chi connectivity index (χ2v) is 4.57. The van der Waals surface area contributed by atoms with Crippen molar-refractivity contribution in [2.24, 2.45) is 5.73 Å². The first-order chi connectivity index (χ1) is 9.45. The van der Waals surface area contributed by atoms with Gasteiger partial charge < -0.3 is 14.9 Å². The number of aryl methyl sites for hydroxylation is 1. The molecule has 1 atom stereocenters. The Morgan fingerprint density at radius 2 is 1.95 bits per heavy atom. The van der Waals surface area contributed by atoms with E-state index in [1.807, 2.05) is 0 Å². The van der Waals surface area contributed by atoms with Crippen LogP contribution in [0.1, 0.15) is 24.3 Å². The van der Waals surface area contributed by atoms with Crippen LogP contribution < -0.4 is 10.5 Å². The summed E-state index contributed by atoms with van der Waals surface area (Å²) in [6.45, 7) is 3.18. The molecule has 0 bridgehead atoms. The molecule has 1 aromatic heterocycles. The molecule has 108 valence electrons. The SMILES string of the molecule is Cc1nnc(COc2c(F)cc(CC(C)N)cc2F)o1. The van der Waals surface area contributed by atoms with Crippen molar-refractivity contribution in [2.75, 3.05) is 0 Å². The third-order valence-corrected chi connectivity index (χ3v) is 2.52. The lowest BCUT2D eigenvalue weighted by Crippen LogP contribution is -2.18. The molecule has 7 heteroatoms. The molecule has 0 amide bonds. The van der Waals surface area contributed by atoms with E-state index in [-0.39, 0.29) is 18.5 Å². The molecule has 2 N–H and O–H groups in total. The molecule has 2 aromatic rings. The minimum Gasteiger partial charge on any atom is -0.478 e. The zero-order chi connectivity index (χ0) is 14.7. The summed E-state index contributed by atoms with van der Waals surface area (Å²) in [6.07, 6.45) is 0.386. The Morgan fingerprint density at radius 1 is 1.30 bits per heavy atom. The molecule has 20 heavy (non-hydrogen) atoms. The van der Waals surface area contributed by atoms with Gasteiger partial charge in [0.05, 0.1) is 0 Å². The van der Waals surface area contributed by atoms with Crippen molar-refractivity contribution in [1.29, 1.82) is 0 Å². The minimum atomic E-state index is -0.781. The molecule has 5 nitrogen and oxygen atoms in total.